The molecule has 0 heterocycles. The average Bonchev–Trinajstić information content (AvgIpc) is 2.55. The lowest BCUT2D eigenvalue weighted by Gasteiger charge is -2.22. The molecule has 0 aliphatic heterocycles. The molecule has 1 amide bonds. The number of ether oxygens (including phenoxy) is 2. The van der Waals surface area contributed by atoms with Crippen LogP contribution in [0.3, 0.4) is 0 Å². The summed E-state index contributed by atoms with van der Waals surface area (Å²) in [6.45, 7) is 5.08. The summed E-state index contributed by atoms with van der Waals surface area (Å²) in [5, 5.41) is 11.2. The number of rotatable bonds is 9. The molecule has 9 heteroatoms. The Kier molecular flexibility index (Phi) is 9.11. The van der Waals surface area contributed by atoms with E-state index in [-0.39, 0.29) is 25.2 Å². The number of carboxylic acid groups (broad SMARTS) is 1. The van der Waals surface area contributed by atoms with Crippen LogP contribution >= 0.6 is 0 Å². The van der Waals surface area contributed by atoms with Crippen molar-refractivity contribution >= 4 is 28.8 Å². The van der Waals surface area contributed by atoms with Gasteiger partial charge >= 0.3 is 18.0 Å². The number of carbonyl (C=O) groups is 3. The molecule has 1 aromatic carbocycles. The molecule has 8 nitrogen and oxygen atoms in total. The molecule has 0 aromatic heterocycles. The maximum absolute atomic E-state index is 12.4. The molecular weight excluding hydrogens is 386 g/mol. The summed E-state index contributed by atoms with van der Waals surface area (Å²) in [6.07, 6.45) is 0.818. The predicted molar refractivity (Wildman–Crippen MR) is 104 cm³/mol. The molecule has 1 aromatic rings. The largest absolute Gasteiger partial charge is 0.481 e. The maximum atomic E-state index is 12.4. The van der Waals surface area contributed by atoms with Crippen LogP contribution < -0.4 is 5.32 Å². The highest BCUT2D eigenvalue weighted by Crippen LogP contribution is 2.10. The number of nitrogens with one attached hydrogen (secondary N) is 1. The molecule has 0 bridgehead atoms. The topological polar surface area (TPSA) is 119 Å². The van der Waals surface area contributed by atoms with Gasteiger partial charge in [-0.3, -0.25) is 9.00 Å². The lowest BCUT2D eigenvalue weighted by molar-refractivity contribution is -0.147. The number of carboxylic acids is 1. The summed E-state index contributed by atoms with van der Waals surface area (Å²) in [5.74, 6) is -1.37. The van der Waals surface area contributed by atoms with Crippen LogP contribution in [0.25, 0.3) is 0 Å². The Labute approximate surface area is 167 Å². The van der Waals surface area contributed by atoms with Crippen LogP contribution in [0.5, 0.6) is 0 Å². The zero-order chi connectivity index (χ0) is 21.3. The Morgan fingerprint density at radius 2 is 1.71 bits per heavy atom. The molecule has 1 unspecified atom stereocenters. The Bertz CT molecular complexity index is 710. The van der Waals surface area contributed by atoms with E-state index in [0.717, 1.165) is 0 Å². The van der Waals surface area contributed by atoms with Gasteiger partial charge in [0, 0.05) is 22.8 Å². The number of esters is 1. The van der Waals surface area contributed by atoms with Gasteiger partial charge in [0.15, 0.2) is 0 Å². The lowest BCUT2D eigenvalue weighted by Crippen LogP contribution is -2.44. The normalized spacial score (nSPS) is 13.3. The first-order chi connectivity index (χ1) is 13.0. The van der Waals surface area contributed by atoms with Crippen molar-refractivity contribution in [3.8, 4) is 0 Å². The van der Waals surface area contributed by atoms with Gasteiger partial charge in [0.05, 0.1) is 6.42 Å². The van der Waals surface area contributed by atoms with Crippen LogP contribution in [0.4, 0.5) is 4.79 Å². The van der Waals surface area contributed by atoms with Crippen molar-refractivity contribution in [1.82, 2.24) is 5.32 Å². The summed E-state index contributed by atoms with van der Waals surface area (Å²) in [6, 6.07) is 5.65. The second kappa shape index (κ2) is 10.8. The fourth-order valence-corrected chi connectivity index (χ4v) is 2.73. The molecule has 1 rings (SSSR count). The maximum Gasteiger partial charge on any atom is 0.408 e. The quantitative estimate of drug-likeness (QED) is 0.594. The van der Waals surface area contributed by atoms with Crippen LogP contribution in [0.15, 0.2) is 24.3 Å². The number of hydrogen-bond acceptors (Lipinski definition) is 6. The average molecular weight is 413 g/mol. The van der Waals surface area contributed by atoms with Crippen molar-refractivity contribution in [3.63, 3.8) is 0 Å². The van der Waals surface area contributed by atoms with Crippen LogP contribution in [0, 0.1) is 0 Å². The molecule has 0 aliphatic rings. The number of carbonyl (C=O) groups excluding carboxylic acids is 2. The molecule has 0 saturated carbocycles. The van der Waals surface area contributed by atoms with Crippen LogP contribution in [0.1, 0.15) is 38.3 Å². The molecule has 28 heavy (non-hydrogen) atoms. The number of hydrogen-bond donors (Lipinski definition) is 2. The number of alkyl carbamates (subject to hydrolysis) is 1. The van der Waals surface area contributed by atoms with Gasteiger partial charge in [0.25, 0.3) is 0 Å². The first-order valence-electron chi connectivity index (χ1n) is 8.72. The van der Waals surface area contributed by atoms with Gasteiger partial charge < -0.3 is 19.9 Å². The molecule has 156 valence electrons. The highest BCUT2D eigenvalue weighted by atomic mass is 32.2. The minimum Gasteiger partial charge on any atom is -0.481 e. The SMILES string of the molecule is CS(=O)CC[C@H](NC(=O)OC(C)(C)C)C(=O)OCc1ccc(CC(=O)O)cc1. The number of aliphatic carboxylic acids is 1. The minimum absolute atomic E-state index is 0.0338. The van der Waals surface area contributed by atoms with E-state index >= 15 is 0 Å². The predicted octanol–water partition coefficient (Wildman–Crippen LogP) is 2.02. The first-order valence-corrected chi connectivity index (χ1v) is 10.4. The van der Waals surface area contributed by atoms with E-state index < -0.39 is 40.5 Å². The van der Waals surface area contributed by atoms with Crippen molar-refractivity contribution < 1.29 is 33.2 Å². The third-order valence-electron chi connectivity index (χ3n) is 3.43. The monoisotopic (exact) mass is 413 g/mol. The van der Waals surface area contributed by atoms with E-state index in [4.69, 9.17) is 14.6 Å². The molecule has 0 saturated heterocycles. The third-order valence-corrected chi connectivity index (χ3v) is 4.24. The van der Waals surface area contributed by atoms with Crippen molar-refractivity contribution in [1.29, 1.82) is 0 Å². The van der Waals surface area contributed by atoms with Crippen LogP contribution in [-0.2, 0) is 42.9 Å². The molecule has 0 aliphatic carbocycles. The van der Waals surface area contributed by atoms with Gasteiger partial charge in [-0.1, -0.05) is 24.3 Å². The van der Waals surface area contributed by atoms with E-state index in [9.17, 15) is 18.6 Å². The van der Waals surface area contributed by atoms with Crippen molar-refractivity contribution in [2.24, 2.45) is 0 Å². The number of amides is 1. The summed E-state index contributed by atoms with van der Waals surface area (Å²) in [5.41, 5.74) is 0.596. The van der Waals surface area contributed by atoms with Crippen LogP contribution in [0.2, 0.25) is 0 Å². The first kappa shape index (κ1) is 23.6. The Morgan fingerprint density at radius 1 is 1.14 bits per heavy atom. The number of benzene rings is 1. The van der Waals surface area contributed by atoms with E-state index in [0.29, 0.717) is 11.1 Å². The van der Waals surface area contributed by atoms with E-state index in [1.165, 1.54) is 6.26 Å². The zero-order valence-corrected chi connectivity index (χ0v) is 17.3. The summed E-state index contributed by atoms with van der Waals surface area (Å²) >= 11 is 0. The van der Waals surface area contributed by atoms with Gasteiger partial charge in [-0.05, 0) is 38.3 Å². The van der Waals surface area contributed by atoms with Crippen molar-refractivity contribution in [3.05, 3.63) is 35.4 Å². The highest BCUT2D eigenvalue weighted by Gasteiger charge is 2.25. The van der Waals surface area contributed by atoms with Crippen molar-refractivity contribution in [2.45, 2.75) is 51.9 Å². The van der Waals surface area contributed by atoms with Gasteiger partial charge in [-0.15, -0.1) is 0 Å². The molecule has 2 atom stereocenters. The molecule has 2 N–H and O–H groups in total. The smallest absolute Gasteiger partial charge is 0.408 e. The zero-order valence-electron chi connectivity index (χ0n) is 16.5. The van der Waals surface area contributed by atoms with Gasteiger partial charge in [-0.25, -0.2) is 9.59 Å². The summed E-state index contributed by atoms with van der Waals surface area (Å²) in [7, 11) is -1.13. The molecule has 0 spiro atoms. The lowest BCUT2D eigenvalue weighted by atomic mass is 10.1. The fraction of sp³-hybridized carbons (Fsp3) is 0.526. The standard InChI is InChI=1S/C19H27NO7S/c1-19(2,3)27-18(24)20-15(9-10-28(4)25)17(23)26-12-14-7-5-13(6-8-14)11-16(21)22/h5-8,15H,9-12H2,1-4H3,(H,20,24)(H,21,22)/t15-,28?/m0/s1. The second-order valence-corrected chi connectivity index (χ2v) is 8.81. The Balaban J connectivity index is 2.67. The molecular formula is C19H27NO7S. The minimum atomic E-state index is -1.13. The Morgan fingerprint density at radius 3 is 2.21 bits per heavy atom. The van der Waals surface area contributed by atoms with E-state index in [2.05, 4.69) is 5.32 Å². The molecule has 0 radical (unpaired) electrons. The van der Waals surface area contributed by atoms with Gasteiger partial charge in [-0.2, -0.15) is 0 Å². The van der Waals surface area contributed by atoms with Gasteiger partial charge in [0.1, 0.15) is 18.2 Å². The molecule has 0 fully saturated rings. The van der Waals surface area contributed by atoms with Crippen molar-refractivity contribution in [2.75, 3.05) is 12.0 Å². The van der Waals surface area contributed by atoms with E-state index in [1.807, 2.05) is 0 Å². The Hall–Kier alpha value is -2.42. The third kappa shape index (κ3) is 10.1. The highest BCUT2D eigenvalue weighted by molar-refractivity contribution is 7.84. The fourth-order valence-electron chi connectivity index (χ4n) is 2.17. The summed E-state index contributed by atoms with van der Waals surface area (Å²) in [4.78, 5) is 35.0. The van der Waals surface area contributed by atoms with Crippen LogP contribution in [-0.4, -0.2) is 51.0 Å². The van der Waals surface area contributed by atoms with Gasteiger partial charge in [0.2, 0.25) is 0 Å². The second-order valence-electron chi connectivity index (χ2n) is 7.26. The summed E-state index contributed by atoms with van der Waals surface area (Å²) < 4.78 is 21.7. The van der Waals surface area contributed by atoms with E-state index in [1.54, 1.807) is 45.0 Å².